The number of aromatic nitrogens is 1. The van der Waals surface area contributed by atoms with Gasteiger partial charge in [0.1, 0.15) is 5.69 Å². The van der Waals surface area contributed by atoms with Crippen LogP contribution in [0.4, 0.5) is 5.69 Å². The summed E-state index contributed by atoms with van der Waals surface area (Å²) >= 11 is 0. The number of amides is 2. The molecule has 0 aliphatic carbocycles. The second-order valence-corrected chi connectivity index (χ2v) is 5.35. The van der Waals surface area contributed by atoms with E-state index in [4.69, 9.17) is 0 Å². The third-order valence-corrected chi connectivity index (χ3v) is 3.34. The first kappa shape index (κ1) is 16.5. The van der Waals surface area contributed by atoms with Gasteiger partial charge in [0.05, 0.1) is 0 Å². The van der Waals surface area contributed by atoms with Crippen LogP contribution in [-0.2, 0) is 18.4 Å². The first-order valence-electron chi connectivity index (χ1n) is 7.19. The van der Waals surface area contributed by atoms with Gasteiger partial charge in [-0.15, -0.1) is 0 Å². The largest absolute Gasteiger partial charge is 0.347 e. The summed E-state index contributed by atoms with van der Waals surface area (Å²) in [7, 11) is 1.72. The van der Waals surface area contributed by atoms with Gasteiger partial charge in [-0.1, -0.05) is 12.1 Å². The number of rotatable bonds is 5. The van der Waals surface area contributed by atoms with Crippen molar-refractivity contribution >= 4 is 23.3 Å². The molecule has 1 aromatic heterocycles. The van der Waals surface area contributed by atoms with Gasteiger partial charge in [-0.3, -0.25) is 14.4 Å². The lowest BCUT2D eigenvalue weighted by atomic mass is 10.2. The number of ketones is 1. The molecule has 6 heteroatoms. The summed E-state index contributed by atoms with van der Waals surface area (Å²) in [5.74, 6) is -0.487. The van der Waals surface area contributed by atoms with Crippen molar-refractivity contribution in [3.05, 3.63) is 53.3 Å². The molecule has 2 rings (SSSR count). The van der Waals surface area contributed by atoms with Gasteiger partial charge in [0.2, 0.25) is 5.91 Å². The lowest BCUT2D eigenvalue weighted by Gasteiger charge is -2.08. The van der Waals surface area contributed by atoms with Crippen molar-refractivity contribution in [1.82, 2.24) is 9.88 Å². The van der Waals surface area contributed by atoms with Crippen molar-refractivity contribution in [3.8, 4) is 0 Å². The summed E-state index contributed by atoms with van der Waals surface area (Å²) in [5, 5.41) is 5.50. The summed E-state index contributed by atoms with van der Waals surface area (Å²) < 4.78 is 1.62. The maximum Gasteiger partial charge on any atom is 0.268 e. The van der Waals surface area contributed by atoms with E-state index in [9.17, 15) is 14.4 Å². The van der Waals surface area contributed by atoms with Crippen molar-refractivity contribution < 1.29 is 14.4 Å². The molecule has 6 nitrogen and oxygen atoms in total. The van der Waals surface area contributed by atoms with Crippen LogP contribution in [0.25, 0.3) is 0 Å². The Morgan fingerprint density at radius 3 is 2.48 bits per heavy atom. The van der Waals surface area contributed by atoms with Crippen molar-refractivity contribution in [3.63, 3.8) is 0 Å². The molecule has 1 heterocycles. The second-order valence-electron chi connectivity index (χ2n) is 5.35. The SMILES string of the molecule is CC(=O)Nc1cccc(CNC(=O)c2cc(C(C)=O)cn2C)c1. The number of hydrogen-bond acceptors (Lipinski definition) is 3. The van der Waals surface area contributed by atoms with E-state index < -0.39 is 0 Å². The number of hydrogen-bond donors (Lipinski definition) is 2. The molecule has 0 atom stereocenters. The van der Waals surface area contributed by atoms with E-state index in [0.717, 1.165) is 5.56 Å². The van der Waals surface area contributed by atoms with Gasteiger partial charge in [-0.05, 0) is 30.7 Å². The van der Waals surface area contributed by atoms with E-state index in [1.165, 1.54) is 13.8 Å². The van der Waals surface area contributed by atoms with E-state index >= 15 is 0 Å². The maximum absolute atomic E-state index is 12.2. The molecule has 0 unspecified atom stereocenters. The Morgan fingerprint density at radius 1 is 1.13 bits per heavy atom. The minimum absolute atomic E-state index is 0.0809. The molecular weight excluding hydrogens is 294 g/mol. The topological polar surface area (TPSA) is 80.2 Å². The molecule has 120 valence electrons. The number of anilines is 1. The first-order valence-corrected chi connectivity index (χ1v) is 7.19. The number of aryl methyl sites for hydroxylation is 1. The van der Waals surface area contributed by atoms with Crippen LogP contribution >= 0.6 is 0 Å². The van der Waals surface area contributed by atoms with Crippen LogP contribution in [0.15, 0.2) is 36.5 Å². The number of nitrogens with zero attached hydrogens (tertiary/aromatic N) is 1. The zero-order valence-corrected chi connectivity index (χ0v) is 13.3. The van der Waals surface area contributed by atoms with Gasteiger partial charge in [-0.2, -0.15) is 0 Å². The highest BCUT2D eigenvalue weighted by molar-refractivity contribution is 5.99. The third kappa shape index (κ3) is 4.29. The van der Waals surface area contributed by atoms with Gasteiger partial charge in [0, 0.05) is 38.0 Å². The summed E-state index contributed by atoms with van der Waals surface area (Å²) in [6.45, 7) is 3.23. The highest BCUT2D eigenvalue weighted by Gasteiger charge is 2.13. The molecule has 0 aliphatic rings. The van der Waals surface area contributed by atoms with E-state index in [-0.39, 0.29) is 17.6 Å². The highest BCUT2D eigenvalue weighted by atomic mass is 16.2. The van der Waals surface area contributed by atoms with E-state index in [1.807, 2.05) is 12.1 Å². The molecule has 1 aromatic carbocycles. The summed E-state index contributed by atoms with van der Waals surface area (Å²) in [6, 6.07) is 8.82. The predicted octanol–water partition coefficient (Wildman–Crippen LogP) is 2.12. The molecule has 0 radical (unpaired) electrons. The Bertz CT molecular complexity index is 762. The van der Waals surface area contributed by atoms with Gasteiger partial charge < -0.3 is 15.2 Å². The average Bonchev–Trinajstić information content (AvgIpc) is 2.87. The van der Waals surface area contributed by atoms with Crippen molar-refractivity contribution in [2.24, 2.45) is 7.05 Å². The number of nitrogens with one attached hydrogen (secondary N) is 2. The van der Waals surface area contributed by atoms with Gasteiger partial charge in [-0.25, -0.2) is 0 Å². The molecule has 0 aliphatic heterocycles. The molecule has 0 saturated carbocycles. The Labute approximate surface area is 134 Å². The number of carbonyl (C=O) groups is 3. The molecule has 2 aromatic rings. The average molecular weight is 313 g/mol. The Kier molecular flexibility index (Phi) is 4.95. The summed E-state index contributed by atoms with van der Waals surface area (Å²) in [6.07, 6.45) is 1.63. The van der Waals surface area contributed by atoms with Crippen molar-refractivity contribution in [1.29, 1.82) is 0 Å². The fourth-order valence-corrected chi connectivity index (χ4v) is 2.22. The zero-order chi connectivity index (χ0) is 17.0. The number of carbonyl (C=O) groups excluding carboxylic acids is 3. The number of Topliss-reactive ketones (excluding diaryl/α,β-unsaturated/α-hetero) is 1. The quantitative estimate of drug-likeness (QED) is 0.830. The molecule has 0 saturated heterocycles. The van der Waals surface area contributed by atoms with Crippen LogP contribution < -0.4 is 10.6 Å². The molecule has 23 heavy (non-hydrogen) atoms. The van der Waals surface area contributed by atoms with Crippen molar-refractivity contribution in [2.45, 2.75) is 20.4 Å². The number of benzene rings is 1. The van der Waals surface area contributed by atoms with Gasteiger partial charge in [0.25, 0.3) is 5.91 Å². The van der Waals surface area contributed by atoms with E-state index in [2.05, 4.69) is 10.6 Å². The van der Waals surface area contributed by atoms with E-state index in [0.29, 0.717) is 23.5 Å². The van der Waals surface area contributed by atoms with Crippen LogP contribution in [0.3, 0.4) is 0 Å². The minimum Gasteiger partial charge on any atom is -0.347 e. The zero-order valence-electron chi connectivity index (χ0n) is 13.3. The molecule has 2 amide bonds. The minimum atomic E-state index is -0.259. The smallest absolute Gasteiger partial charge is 0.268 e. The van der Waals surface area contributed by atoms with Crippen molar-refractivity contribution in [2.75, 3.05) is 5.32 Å². The lowest BCUT2D eigenvalue weighted by molar-refractivity contribution is -0.114. The Morgan fingerprint density at radius 2 is 1.87 bits per heavy atom. The highest BCUT2D eigenvalue weighted by Crippen LogP contribution is 2.12. The molecule has 0 fully saturated rings. The predicted molar refractivity (Wildman–Crippen MR) is 87.3 cm³/mol. The second kappa shape index (κ2) is 6.91. The van der Waals surface area contributed by atoms with Crippen LogP contribution in [0.1, 0.15) is 40.3 Å². The fraction of sp³-hybridized carbons (Fsp3) is 0.235. The Balaban J connectivity index is 2.04. The normalized spacial score (nSPS) is 10.2. The summed E-state index contributed by atoms with van der Waals surface area (Å²) in [5.41, 5.74) is 2.48. The lowest BCUT2D eigenvalue weighted by Crippen LogP contribution is -2.24. The molecular formula is C17H19N3O3. The fourth-order valence-electron chi connectivity index (χ4n) is 2.22. The molecule has 2 N–H and O–H groups in total. The van der Waals surface area contributed by atoms with Gasteiger partial charge >= 0.3 is 0 Å². The first-order chi connectivity index (χ1) is 10.9. The third-order valence-electron chi connectivity index (χ3n) is 3.34. The summed E-state index contributed by atoms with van der Waals surface area (Å²) in [4.78, 5) is 34.6. The molecule has 0 spiro atoms. The standard InChI is InChI=1S/C17H19N3O3/c1-11(21)14-8-16(20(3)10-14)17(23)18-9-13-5-4-6-15(7-13)19-12(2)22/h4-8,10H,9H2,1-3H3,(H,18,23)(H,19,22). The van der Waals surface area contributed by atoms with E-state index in [1.54, 1.807) is 36.0 Å². The Hall–Kier alpha value is -2.89. The van der Waals surface area contributed by atoms with Crippen LogP contribution in [0, 0.1) is 0 Å². The van der Waals surface area contributed by atoms with Gasteiger partial charge in [0.15, 0.2) is 5.78 Å². The van der Waals surface area contributed by atoms with Crippen LogP contribution in [0.2, 0.25) is 0 Å². The van der Waals surface area contributed by atoms with Crippen LogP contribution in [0.5, 0.6) is 0 Å². The molecule has 0 bridgehead atoms. The maximum atomic E-state index is 12.2. The van der Waals surface area contributed by atoms with Crippen LogP contribution in [-0.4, -0.2) is 22.2 Å². The monoisotopic (exact) mass is 313 g/mol.